The number of para-hydroxylation sites is 1. The number of rotatable bonds is 5. The van der Waals surface area contributed by atoms with E-state index < -0.39 is 0 Å². The molecule has 5 nitrogen and oxygen atoms in total. The molecule has 1 heterocycles. The molecule has 5 heteroatoms. The topological polar surface area (TPSA) is 61.4 Å². The Balaban J connectivity index is 1.75. The Kier molecular flexibility index (Phi) is 6.16. The molecule has 1 aliphatic heterocycles. The summed E-state index contributed by atoms with van der Waals surface area (Å²) in [5.41, 5.74) is 2.87. The van der Waals surface area contributed by atoms with E-state index in [9.17, 15) is 9.59 Å². The lowest BCUT2D eigenvalue weighted by Gasteiger charge is -2.29. The van der Waals surface area contributed by atoms with Crippen LogP contribution in [0.5, 0.6) is 0 Å². The fourth-order valence-corrected chi connectivity index (χ4v) is 2.85. The van der Waals surface area contributed by atoms with Crippen LogP contribution in [0.3, 0.4) is 0 Å². The molecule has 1 aliphatic rings. The maximum absolute atomic E-state index is 12.0. The van der Waals surface area contributed by atoms with Gasteiger partial charge in [0.25, 0.3) is 0 Å². The van der Waals surface area contributed by atoms with Crippen molar-refractivity contribution in [3.05, 3.63) is 29.3 Å². The van der Waals surface area contributed by atoms with Crippen molar-refractivity contribution in [2.24, 2.45) is 5.92 Å². The molecule has 1 aromatic carbocycles. The lowest BCUT2D eigenvalue weighted by atomic mass is 9.99. The molecule has 0 atom stereocenters. The number of nitrogens with one attached hydrogen (secondary N) is 2. The van der Waals surface area contributed by atoms with Crippen molar-refractivity contribution in [3.63, 3.8) is 0 Å². The second kappa shape index (κ2) is 8.11. The third kappa shape index (κ3) is 5.36. The zero-order chi connectivity index (χ0) is 16.8. The van der Waals surface area contributed by atoms with Gasteiger partial charge in [0.1, 0.15) is 0 Å². The molecule has 2 amide bonds. The van der Waals surface area contributed by atoms with Crippen LogP contribution in [0.2, 0.25) is 0 Å². The number of nitrogens with zero attached hydrogens (tertiary/aromatic N) is 1. The molecule has 126 valence electrons. The highest BCUT2D eigenvalue weighted by Crippen LogP contribution is 2.19. The highest BCUT2D eigenvalue weighted by Gasteiger charge is 2.18. The summed E-state index contributed by atoms with van der Waals surface area (Å²) in [6.45, 7) is 8.47. The van der Waals surface area contributed by atoms with E-state index >= 15 is 0 Å². The van der Waals surface area contributed by atoms with Crippen LogP contribution in [0.1, 0.15) is 30.9 Å². The molecule has 23 heavy (non-hydrogen) atoms. The zero-order valence-corrected chi connectivity index (χ0v) is 14.3. The summed E-state index contributed by atoms with van der Waals surface area (Å²) in [7, 11) is 0. The Bertz CT molecular complexity index is 543. The predicted octanol–water partition coefficient (Wildman–Crippen LogP) is 2.09. The van der Waals surface area contributed by atoms with Crippen molar-refractivity contribution in [2.75, 3.05) is 31.5 Å². The maximum atomic E-state index is 12.0. The first kappa shape index (κ1) is 17.5. The second-order valence-electron chi connectivity index (χ2n) is 6.55. The van der Waals surface area contributed by atoms with Crippen molar-refractivity contribution in [1.82, 2.24) is 10.2 Å². The van der Waals surface area contributed by atoms with Crippen LogP contribution in [0.25, 0.3) is 0 Å². The molecule has 0 spiro atoms. The van der Waals surface area contributed by atoms with E-state index in [1.54, 1.807) is 0 Å². The molecule has 2 rings (SSSR count). The van der Waals surface area contributed by atoms with Gasteiger partial charge in [0, 0.05) is 5.69 Å². The third-order valence-corrected chi connectivity index (χ3v) is 4.44. The summed E-state index contributed by atoms with van der Waals surface area (Å²) < 4.78 is 0. The first-order valence-corrected chi connectivity index (χ1v) is 8.31. The minimum Gasteiger partial charge on any atom is -0.346 e. The zero-order valence-electron chi connectivity index (χ0n) is 14.3. The van der Waals surface area contributed by atoms with Crippen LogP contribution in [0.4, 0.5) is 5.69 Å². The SMILES string of the molecule is Cc1cccc(C)c1NC(=O)CNC(=O)CN1CCC(C)CC1. The molecule has 1 saturated heterocycles. The molecule has 0 aromatic heterocycles. The Labute approximate surface area is 138 Å². The number of hydrogen-bond donors (Lipinski definition) is 2. The molecule has 0 saturated carbocycles. The lowest BCUT2D eigenvalue weighted by Crippen LogP contribution is -2.43. The fraction of sp³-hybridized carbons (Fsp3) is 0.556. The van der Waals surface area contributed by atoms with Gasteiger partial charge in [-0.05, 0) is 56.8 Å². The normalized spacial score (nSPS) is 16.1. The first-order valence-electron chi connectivity index (χ1n) is 8.31. The number of carbonyl (C=O) groups is 2. The van der Waals surface area contributed by atoms with Crippen molar-refractivity contribution in [3.8, 4) is 0 Å². The average Bonchev–Trinajstić information content (AvgIpc) is 2.51. The van der Waals surface area contributed by atoms with Gasteiger partial charge in [-0.25, -0.2) is 0 Å². The highest BCUT2D eigenvalue weighted by atomic mass is 16.2. The summed E-state index contributed by atoms with van der Waals surface area (Å²) in [4.78, 5) is 26.1. The summed E-state index contributed by atoms with van der Waals surface area (Å²) >= 11 is 0. The molecule has 1 aromatic rings. The molecule has 0 aliphatic carbocycles. The number of hydrogen-bond acceptors (Lipinski definition) is 3. The van der Waals surface area contributed by atoms with Crippen LogP contribution < -0.4 is 10.6 Å². The molecule has 1 fully saturated rings. The van der Waals surface area contributed by atoms with E-state index in [0.29, 0.717) is 6.54 Å². The number of aryl methyl sites for hydroxylation is 2. The maximum Gasteiger partial charge on any atom is 0.243 e. The number of amides is 2. The lowest BCUT2D eigenvalue weighted by molar-refractivity contribution is -0.125. The van der Waals surface area contributed by atoms with Gasteiger partial charge in [0.05, 0.1) is 13.1 Å². The van der Waals surface area contributed by atoms with Crippen LogP contribution in [0.15, 0.2) is 18.2 Å². The molecule has 0 bridgehead atoms. The van der Waals surface area contributed by atoms with E-state index in [-0.39, 0.29) is 18.4 Å². The Morgan fingerprint density at radius 1 is 1.13 bits per heavy atom. The number of carbonyl (C=O) groups excluding carboxylic acids is 2. The van der Waals surface area contributed by atoms with Crippen LogP contribution in [0, 0.1) is 19.8 Å². The fourth-order valence-electron chi connectivity index (χ4n) is 2.85. The number of likely N-dealkylation sites (tertiary alicyclic amines) is 1. The van der Waals surface area contributed by atoms with Gasteiger partial charge in [-0.2, -0.15) is 0 Å². The Morgan fingerprint density at radius 3 is 2.35 bits per heavy atom. The van der Waals surface area contributed by atoms with E-state index in [1.165, 1.54) is 0 Å². The van der Waals surface area contributed by atoms with Crippen molar-refractivity contribution in [1.29, 1.82) is 0 Å². The van der Waals surface area contributed by atoms with Crippen LogP contribution >= 0.6 is 0 Å². The largest absolute Gasteiger partial charge is 0.346 e. The van der Waals surface area contributed by atoms with Crippen molar-refractivity contribution < 1.29 is 9.59 Å². The summed E-state index contributed by atoms with van der Waals surface area (Å²) in [5.74, 6) is 0.469. The predicted molar refractivity (Wildman–Crippen MR) is 92.4 cm³/mol. The third-order valence-electron chi connectivity index (χ3n) is 4.44. The molecule has 0 unspecified atom stereocenters. The van der Waals surface area contributed by atoms with Crippen molar-refractivity contribution in [2.45, 2.75) is 33.6 Å². The van der Waals surface area contributed by atoms with Gasteiger partial charge in [-0.15, -0.1) is 0 Å². The quantitative estimate of drug-likeness (QED) is 0.874. The summed E-state index contributed by atoms with van der Waals surface area (Å²) in [6, 6.07) is 5.87. The highest BCUT2D eigenvalue weighted by molar-refractivity contribution is 5.95. The van der Waals surface area contributed by atoms with Gasteiger partial charge in [0.2, 0.25) is 11.8 Å². The standard InChI is InChI=1S/C18H27N3O2/c1-13-7-9-21(10-8-13)12-17(23)19-11-16(22)20-18-14(2)5-4-6-15(18)3/h4-6,13H,7-12H2,1-3H3,(H,19,23)(H,20,22). The van der Waals surface area contributed by atoms with Gasteiger partial charge in [-0.1, -0.05) is 25.1 Å². The average molecular weight is 317 g/mol. The smallest absolute Gasteiger partial charge is 0.243 e. The molecule has 2 N–H and O–H groups in total. The molecule has 0 radical (unpaired) electrons. The van der Waals surface area contributed by atoms with E-state index in [4.69, 9.17) is 0 Å². The minimum absolute atomic E-state index is 0.0108. The van der Waals surface area contributed by atoms with Gasteiger partial charge in [-0.3, -0.25) is 14.5 Å². The first-order chi connectivity index (χ1) is 11.0. The Morgan fingerprint density at radius 2 is 1.74 bits per heavy atom. The van der Waals surface area contributed by atoms with E-state index in [0.717, 1.165) is 48.7 Å². The van der Waals surface area contributed by atoms with Crippen LogP contribution in [-0.4, -0.2) is 42.9 Å². The van der Waals surface area contributed by atoms with E-state index in [2.05, 4.69) is 22.5 Å². The van der Waals surface area contributed by atoms with Gasteiger partial charge < -0.3 is 10.6 Å². The number of piperidine rings is 1. The number of anilines is 1. The van der Waals surface area contributed by atoms with Crippen LogP contribution in [-0.2, 0) is 9.59 Å². The Hall–Kier alpha value is -1.88. The van der Waals surface area contributed by atoms with Gasteiger partial charge in [0.15, 0.2) is 0 Å². The minimum atomic E-state index is -0.192. The van der Waals surface area contributed by atoms with Crippen molar-refractivity contribution >= 4 is 17.5 Å². The van der Waals surface area contributed by atoms with E-state index in [1.807, 2.05) is 32.0 Å². The van der Waals surface area contributed by atoms with Gasteiger partial charge >= 0.3 is 0 Å². The summed E-state index contributed by atoms with van der Waals surface area (Å²) in [5, 5.41) is 5.58. The summed E-state index contributed by atoms with van der Waals surface area (Å²) in [6.07, 6.45) is 2.28. The monoisotopic (exact) mass is 317 g/mol. The second-order valence-corrected chi connectivity index (χ2v) is 6.55. The molecular weight excluding hydrogens is 290 g/mol. The molecular formula is C18H27N3O2. The number of benzene rings is 1.